The predicted molar refractivity (Wildman–Crippen MR) is 75.3 cm³/mol. The number of anilines is 1. The standard InChI is InChI=1S/C12H20N4O3S/c13-15-12-11(6-2-7-14-12)20(18,19)16(8-3-9-17)10-4-1-5-10/h2,6-7,10,17H,1,3-5,8-9,13H2,(H,14,15). The quantitative estimate of drug-likeness (QED) is 0.493. The zero-order valence-electron chi connectivity index (χ0n) is 11.2. The number of nitrogen functional groups attached to an aromatic ring is 1. The first-order valence-electron chi connectivity index (χ1n) is 6.65. The maximum atomic E-state index is 12.8. The summed E-state index contributed by atoms with van der Waals surface area (Å²) in [5.74, 6) is 5.47. The molecule has 0 amide bonds. The van der Waals surface area contributed by atoms with Gasteiger partial charge in [-0.15, -0.1) is 0 Å². The highest BCUT2D eigenvalue weighted by Crippen LogP contribution is 2.31. The summed E-state index contributed by atoms with van der Waals surface area (Å²) < 4.78 is 27.0. The maximum Gasteiger partial charge on any atom is 0.247 e. The van der Waals surface area contributed by atoms with Crippen LogP contribution in [-0.4, -0.2) is 42.0 Å². The molecule has 20 heavy (non-hydrogen) atoms. The molecule has 1 aromatic rings. The summed E-state index contributed by atoms with van der Waals surface area (Å²) in [6.45, 7) is 0.274. The number of rotatable bonds is 7. The van der Waals surface area contributed by atoms with Gasteiger partial charge in [-0.05, 0) is 31.4 Å². The van der Waals surface area contributed by atoms with Crippen LogP contribution in [0.5, 0.6) is 0 Å². The maximum absolute atomic E-state index is 12.8. The summed E-state index contributed by atoms with van der Waals surface area (Å²) in [6.07, 6.45) is 4.65. The van der Waals surface area contributed by atoms with E-state index in [1.165, 1.54) is 16.6 Å². The van der Waals surface area contributed by atoms with Gasteiger partial charge in [-0.2, -0.15) is 4.31 Å². The van der Waals surface area contributed by atoms with Gasteiger partial charge in [-0.25, -0.2) is 19.2 Å². The second kappa shape index (κ2) is 6.49. The van der Waals surface area contributed by atoms with Gasteiger partial charge in [0.2, 0.25) is 10.0 Å². The summed E-state index contributed by atoms with van der Waals surface area (Å²) in [7, 11) is -3.66. The number of hydrogen-bond acceptors (Lipinski definition) is 6. The van der Waals surface area contributed by atoms with Crippen LogP contribution in [0.1, 0.15) is 25.7 Å². The molecule has 7 nitrogen and oxygen atoms in total. The number of aromatic nitrogens is 1. The van der Waals surface area contributed by atoms with Crippen molar-refractivity contribution in [1.82, 2.24) is 9.29 Å². The second-order valence-electron chi connectivity index (χ2n) is 4.77. The van der Waals surface area contributed by atoms with E-state index in [2.05, 4.69) is 10.4 Å². The third kappa shape index (κ3) is 2.93. The first kappa shape index (κ1) is 15.2. The second-order valence-corrected chi connectivity index (χ2v) is 6.63. The average molecular weight is 300 g/mol. The monoisotopic (exact) mass is 300 g/mol. The Hall–Kier alpha value is -1.22. The third-order valence-electron chi connectivity index (χ3n) is 3.51. The van der Waals surface area contributed by atoms with Gasteiger partial charge in [0, 0.05) is 25.4 Å². The average Bonchev–Trinajstić information content (AvgIpc) is 2.41. The Balaban J connectivity index is 2.33. The van der Waals surface area contributed by atoms with Crippen LogP contribution in [0.4, 0.5) is 5.82 Å². The van der Waals surface area contributed by atoms with E-state index in [1.54, 1.807) is 6.07 Å². The molecular weight excluding hydrogens is 280 g/mol. The van der Waals surface area contributed by atoms with Crippen molar-refractivity contribution < 1.29 is 13.5 Å². The number of nitrogens with one attached hydrogen (secondary N) is 1. The van der Waals surface area contributed by atoms with E-state index in [0.29, 0.717) is 13.0 Å². The van der Waals surface area contributed by atoms with Gasteiger partial charge < -0.3 is 10.5 Å². The zero-order valence-corrected chi connectivity index (χ0v) is 12.0. The molecule has 1 fully saturated rings. The smallest absolute Gasteiger partial charge is 0.247 e. The van der Waals surface area contributed by atoms with Gasteiger partial charge in [-0.3, -0.25) is 0 Å². The molecule has 0 saturated heterocycles. The Morgan fingerprint density at radius 1 is 1.50 bits per heavy atom. The van der Waals surface area contributed by atoms with Crippen molar-refractivity contribution in [2.45, 2.75) is 36.6 Å². The number of aliphatic hydroxyl groups excluding tert-OH is 1. The van der Waals surface area contributed by atoms with E-state index in [-0.39, 0.29) is 23.4 Å². The molecule has 0 spiro atoms. The van der Waals surface area contributed by atoms with E-state index in [4.69, 9.17) is 10.9 Å². The lowest BCUT2D eigenvalue weighted by Crippen LogP contribution is -2.45. The van der Waals surface area contributed by atoms with Crippen LogP contribution in [0, 0.1) is 0 Å². The zero-order chi connectivity index (χ0) is 14.6. The minimum absolute atomic E-state index is 0.0115. The summed E-state index contributed by atoms with van der Waals surface area (Å²) in [5.41, 5.74) is 2.32. The minimum Gasteiger partial charge on any atom is -0.396 e. The highest BCUT2D eigenvalue weighted by Gasteiger charge is 2.35. The molecule has 0 radical (unpaired) electrons. The Morgan fingerprint density at radius 3 is 2.80 bits per heavy atom. The summed E-state index contributed by atoms with van der Waals surface area (Å²) in [5, 5.41) is 8.96. The molecule has 0 unspecified atom stereocenters. The van der Waals surface area contributed by atoms with E-state index in [1.807, 2.05) is 0 Å². The molecule has 112 valence electrons. The van der Waals surface area contributed by atoms with E-state index in [0.717, 1.165) is 19.3 Å². The first-order valence-corrected chi connectivity index (χ1v) is 8.09. The SMILES string of the molecule is NNc1ncccc1S(=O)(=O)N(CCCO)C1CCC1. The summed E-state index contributed by atoms with van der Waals surface area (Å²) >= 11 is 0. The number of hydrazine groups is 1. The number of nitrogens with zero attached hydrogens (tertiary/aromatic N) is 2. The van der Waals surface area contributed by atoms with Gasteiger partial charge in [0.15, 0.2) is 5.82 Å². The molecular formula is C12H20N4O3S. The first-order chi connectivity index (χ1) is 9.61. The van der Waals surface area contributed by atoms with Crippen molar-refractivity contribution in [3.8, 4) is 0 Å². The van der Waals surface area contributed by atoms with Crippen LogP contribution >= 0.6 is 0 Å². The van der Waals surface area contributed by atoms with Gasteiger partial charge >= 0.3 is 0 Å². The number of pyridine rings is 1. The van der Waals surface area contributed by atoms with Crippen molar-refractivity contribution in [3.63, 3.8) is 0 Å². The molecule has 2 rings (SSSR count). The van der Waals surface area contributed by atoms with Gasteiger partial charge in [0.25, 0.3) is 0 Å². The summed E-state index contributed by atoms with van der Waals surface area (Å²) in [4.78, 5) is 4.01. The van der Waals surface area contributed by atoms with E-state index in [9.17, 15) is 8.42 Å². The molecule has 0 bridgehead atoms. The van der Waals surface area contributed by atoms with Crippen LogP contribution in [0.2, 0.25) is 0 Å². The van der Waals surface area contributed by atoms with Gasteiger partial charge in [0.05, 0.1) is 0 Å². The van der Waals surface area contributed by atoms with Crippen molar-refractivity contribution in [1.29, 1.82) is 0 Å². The van der Waals surface area contributed by atoms with Crippen molar-refractivity contribution in [2.75, 3.05) is 18.6 Å². The van der Waals surface area contributed by atoms with Crippen LogP contribution in [0.3, 0.4) is 0 Å². The molecule has 8 heteroatoms. The lowest BCUT2D eigenvalue weighted by molar-refractivity contribution is 0.198. The highest BCUT2D eigenvalue weighted by molar-refractivity contribution is 7.89. The molecule has 0 aliphatic heterocycles. The third-order valence-corrected chi connectivity index (χ3v) is 5.50. The van der Waals surface area contributed by atoms with Crippen LogP contribution in [0.25, 0.3) is 0 Å². The fraction of sp³-hybridized carbons (Fsp3) is 0.583. The fourth-order valence-corrected chi connectivity index (χ4v) is 4.07. The van der Waals surface area contributed by atoms with Crippen molar-refractivity contribution in [3.05, 3.63) is 18.3 Å². The lowest BCUT2D eigenvalue weighted by Gasteiger charge is -2.36. The minimum atomic E-state index is -3.66. The Kier molecular flexibility index (Phi) is 4.92. The predicted octanol–water partition coefficient (Wildman–Crippen LogP) is 0.293. The Labute approximate surface area is 118 Å². The molecule has 1 aliphatic carbocycles. The molecule has 4 N–H and O–H groups in total. The molecule has 1 aromatic heterocycles. The number of sulfonamides is 1. The topological polar surface area (TPSA) is 109 Å². The van der Waals surface area contributed by atoms with Gasteiger partial charge in [-0.1, -0.05) is 6.42 Å². The molecule has 0 aromatic carbocycles. The largest absolute Gasteiger partial charge is 0.396 e. The molecule has 1 aliphatic rings. The number of nitrogens with two attached hydrogens (primary N) is 1. The molecule has 1 saturated carbocycles. The van der Waals surface area contributed by atoms with Crippen LogP contribution < -0.4 is 11.3 Å². The van der Waals surface area contributed by atoms with Crippen LogP contribution in [0.15, 0.2) is 23.2 Å². The van der Waals surface area contributed by atoms with Gasteiger partial charge in [0.1, 0.15) is 4.90 Å². The molecule has 0 atom stereocenters. The Bertz CT molecular complexity index is 545. The van der Waals surface area contributed by atoms with E-state index >= 15 is 0 Å². The molecule has 1 heterocycles. The summed E-state index contributed by atoms with van der Waals surface area (Å²) in [6, 6.07) is 3.07. The number of hydrogen-bond donors (Lipinski definition) is 3. The van der Waals surface area contributed by atoms with Crippen molar-refractivity contribution >= 4 is 15.8 Å². The normalized spacial score (nSPS) is 16.1. The fourth-order valence-electron chi connectivity index (χ4n) is 2.23. The Morgan fingerprint density at radius 2 is 2.25 bits per heavy atom. The lowest BCUT2D eigenvalue weighted by atomic mass is 9.93. The number of aliphatic hydroxyl groups is 1. The highest BCUT2D eigenvalue weighted by atomic mass is 32.2. The van der Waals surface area contributed by atoms with E-state index < -0.39 is 10.0 Å². The van der Waals surface area contributed by atoms with Crippen LogP contribution in [-0.2, 0) is 10.0 Å². The van der Waals surface area contributed by atoms with Crippen molar-refractivity contribution in [2.24, 2.45) is 5.84 Å².